The normalized spacial score (nSPS) is 25.9. The number of hydrogen-bond donors (Lipinski definition) is 2. The molecule has 1 aromatic rings. The molecule has 0 spiro atoms. The lowest BCUT2D eigenvalue weighted by Gasteiger charge is -2.25. The fraction of sp³-hybridized carbons (Fsp3) is 0.625. The van der Waals surface area contributed by atoms with Gasteiger partial charge in [-0.1, -0.05) is 0 Å². The molecule has 1 aromatic heterocycles. The summed E-state index contributed by atoms with van der Waals surface area (Å²) in [5.41, 5.74) is 6.67. The summed E-state index contributed by atoms with van der Waals surface area (Å²) in [7, 11) is 0. The van der Waals surface area contributed by atoms with Crippen molar-refractivity contribution in [2.75, 3.05) is 23.3 Å². The molecule has 3 rings (SSSR count). The van der Waals surface area contributed by atoms with Crippen molar-refractivity contribution in [1.82, 2.24) is 4.98 Å². The van der Waals surface area contributed by atoms with Crippen LogP contribution in [-0.2, 0) is 4.79 Å². The van der Waals surface area contributed by atoms with Gasteiger partial charge in [-0.2, -0.15) is 0 Å². The summed E-state index contributed by atoms with van der Waals surface area (Å²) >= 11 is 0. The minimum atomic E-state index is 0.100. The van der Waals surface area contributed by atoms with Crippen LogP contribution in [0.15, 0.2) is 18.3 Å². The van der Waals surface area contributed by atoms with Gasteiger partial charge >= 0.3 is 0 Å². The van der Waals surface area contributed by atoms with Gasteiger partial charge in [0, 0.05) is 25.0 Å². The van der Waals surface area contributed by atoms with E-state index in [0.29, 0.717) is 0 Å². The highest BCUT2D eigenvalue weighted by atomic mass is 16.1. The van der Waals surface area contributed by atoms with Gasteiger partial charge in [0.15, 0.2) is 0 Å². The van der Waals surface area contributed by atoms with Crippen LogP contribution in [0.3, 0.4) is 0 Å². The zero-order valence-electron chi connectivity index (χ0n) is 12.4. The average Bonchev–Trinajstić information content (AvgIpc) is 3.03. The maximum atomic E-state index is 12.2. The number of nitrogens with two attached hydrogens (primary N) is 1. The number of nitrogens with one attached hydrogen (secondary N) is 1. The van der Waals surface area contributed by atoms with Crippen LogP contribution in [0.25, 0.3) is 0 Å². The maximum absolute atomic E-state index is 12.2. The van der Waals surface area contributed by atoms with Crippen LogP contribution in [0.5, 0.6) is 0 Å². The molecule has 1 aliphatic carbocycles. The molecule has 0 bridgehead atoms. The van der Waals surface area contributed by atoms with Gasteiger partial charge in [0.2, 0.25) is 5.91 Å². The Bertz CT molecular complexity index is 474. The number of aromatic nitrogens is 1. The molecule has 21 heavy (non-hydrogen) atoms. The van der Waals surface area contributed by atoms with Crippen molar-refractivity contribution in [2.24, 2.45) is 11.7 Å². The molecule has 0 aromatic carbocycles. The fourth-order valence-corrected chi connectivity index (χ4v) is 3.22. The second kappa shape index (κ2) is 6.43. The maximum Gasteiger partial charge on any atom is 0.227 e. The zero-order chi connectivity index (χ0) is 14.7. The molecule has 3 N–H and O–H groups in total. The van der Waals surface area contributed by atoms with Gasteiger partial charge in [0.1, 0.15) is 5.82 Å². The number of nitrogens with zero attached hydrogens (tertiary/aromatic N) is 2. The molecule has 1 amide bonds. The molecule has 2 fully saturated rings. The Balaban J connectivity index is 1.56. The minimum absolute atomic E-state index is 0.100. The molecule has 2 aliphatic rings. The summed E-state index contributed by atoms with van der Waals surface area (Å²) in [5.74, 6) is 1.22. The van der Waals surface area contributed by atoms with E-state index in [1.54, 1.807) is 6.20 Å². The van der Waals surface area contributed by atoms with Crippen LogP contribution in [0.2, 0.25) is 0 Å². The van der Waals surface area contributed by atoms with Crippen LogP contribution >= 0.6 is 0 Å². The highest BCUT2D eigenvalue weighted by Crippen LogP contribution is 2.25. The standard InChI is InChI=1S/C16H24N4O/c17-13-5-3-12(4-6-13)16(21)19-14-7-8-15(18-11-14)20-9-1-2-10-20/h7-8,11-13H,1-6,9-10,17H2,(H,19,21). The van der Waals surface area contributed by atoms with E-state index in [9.17, 15) is 4.79 Å². The highest BCUT2D eigenvalue weighted by molar-refractivity contribution is 5.92. The van der Waals surface area contributed by atoms with Crippen molar-refractivity contribution < 1.29 is 4.79 Å². The predicted octanol–water partition coefficient (Wildman–Crippen LogP) is 2.14. The van der Waals surface area contributed by atoms with E-state index in [1.165, 1.54) is 12.8 Å². The van der Waals surface area contributed by atoms with Crippen molar-refractivity contribution in [3.63, 3.8) is 0 Å². The molecular formula is C16H24N4O. The molecule has 1 aliphatic heterocycles. The van der Waals surface area contributed by atoms with E-state index in [1.807, 2.05) is 12.1 Å². The summed E-state index contributed by atoms with van der Waals surface area (Å²) in [6.07, 6.45) is 7.93. The second-order valence-electron chi connectivity index (χ2n) is 6.20. The van der Waals surface area contributed by atoms with E-state index >= 15 is 0 Å². The Kier molecular flexibility index (Phi) is 4.39. The first kappa shape index (κ1) is 14.3. The Hall–Kier alpha value is -1.62. The van der Waals surface area contributed by atoms with E-state index in [-0.39, 0.29) is 17.9 Å². The van der Waals surface area contributed by atoms with E-state index in [2.05, 4.69) is 15.2 Å². The van der Waals surface area contributed by atoms with Crippen molar-refractivity contribution >= 4 is 17.4 Å². The summed E-state index contributed by atoms with van der Waals surface area (Å²) in [6, 6.07) is 4.22. The smallest absolute Gasteiger partial charge is 0.227 e. The SMILES string of the molecule is NC1CCC(C(=O)Nc2ccc(N3CCCC3)nc2)CC1. The molecule has 0 atom stereocenters. The summed E-state index contributed by atoms with van der Waals surface area (Å²) in [4.78, 5) is 19.0. The van der Waals surface area contributed by atoms with Gasteiger partial charge in [-0.25, -0.2) is 4.98 Å². The van der Waals surface area contributed by atoms with E-state index in [4.69, 9.17) is 5.73 Å². The third kappa shape index (κ3) is 3.53. The van der Waals surface area contributed by atoms with Crippen LogP contribution in [-0.4, -0.2) is 30.0 Å². The number of carbonyl (C=O) groups is 1. The zero-order valence-corrected chi connectivity index (χ0v) is 12.4. The topological polar surface area (TPSA) is 71.2 Å². The summed E-state index contributed by atoms with van der Waals surface area (Å²) in [6.45, 7) is 2.17. The molecule has 114 valence electrons. The van der Waals surface area contributed by atoms with Crippen molar-refractivity contribution in [1.29, 1.82) is 0 Å². The number of carbonyl (C=O) groups excluding carboxylic acids is 1. The lowest BCUT2D eigenvalue weighted by molar-refractivity contribution is -0.120. The molecule has 1 saturated heterocycles. The van der Waals surface area contributed by atoms with E-state index in [0.717, 1.165) is 50.3 Å². The fourth-order valence-electron chi connectivity index (χ4n) is 3.22. The summed E-state index contributed by atoms with van der Waals surface area (Å²) < 4.78 is 0. The van der Waals surface area contributed by atoms with E-state index < -0.39 is 0 Å². The summed E-state index contributed by atoms with van der Waals surface area (Å²) in [5, 5.41) is 2.98. The molecule has 1 saturated carbocycles. The van der Waals surface area contributed by atoms with Crippen LogP contribution in [0.1, 0.15) is 38.5 Å². The minimum Gasteiger partial charge on any atom is -0.357 e. The van der Waals surface area contributed by atoms with Gasteiger partial charge in [-0.15, -0.1) is 0 Å². The van der Waals surface area contributed by atoms with Crippen LogP contribution in [0.4, 0.5) is 11.5 Å². The number of hydrogen-bond acceptors (Lipinski definition) is 4. The Labute approximate surface area is 125 Å². The largest absolute Gasteiger partial charge is 0.357 e. The van der Waals surface area contributed by atoms with Crippen LogP contribution < -0.4 is 16.0 Å². The van der Waals surface area contributed by atoms with Gasteiger partial charge in [-0.05, 0) is 50.7 Å². The lowest BCUT2D eigenvalue weighted by Crippen LogP contribution is -2.32. The highest BCUT2D eigenvalue weighted by Gasteiger charge is 2.24. The number of pyridine rings is 1. The predicted molar refractivity (Wildman–Crippen MR) is 84.2 cm³/mol. The molecule has 5 nitrogen and oxygen atoms in total. The van der Waals surface area contributed by atoms with Crippen molar-refractivity contribution in [3.05, 3.63) is 18.3 Å². The van der Waals surface area contributed by atoms with Gasteiger partial charge in [0.25, 0.3) is 0 Å². The first-order valence-electron chi connectivity index (χ1n) is 8.00. The molecule has 0 radical (unpaired) electrons. The molecule has 0 unspecified atom stereocenters. The quantitative estimate of drug-likeness (QED) is 0.894. The number of rotatable bonds is 3. The lowest BCUT2D eigenvalue weighted by atomic mass is 9.86. The Morgan fingerprint density at radius 1 is 1.19 bits per heavy atom. The molecular weight excluding hydrogens is 264 g/mol. The first-order valence-corrected chi connectivity index (χ1v) is 8.00. The van der Waals surface area contributed by atoms with Gasteiger partial charge < -0.3 is 16.0 Å². The third-order valence-electron chi connectivity index (χ3n) is 4.59. The van der Waals surface area contributed by atoms with Crippen molar-refractivity contribution in [2.45, 2.75) is 44.6 Å². The third-order valence-corrected chi connectivity index (χ3v) is 4.59. The van der Waals surface area contributed by atoms with Gasteiger partial charge in [0.05, 0.1) is 11.9 Å². The average molecular weight is 288 g/mol. The van der Waals surface area contributed by atoms with Crippen molar-refractivity contribution in [3.8, 4) is 0 Å². The van der Waals surface area contributed by atoms with Crippen LogP contribution in [0, 0.1) is 5.92 Å². The van der Waals surface area contributed by atoms with Gasteiger partial charge in [-0.3, -0.25) is 4.79 Å². The number of anilines is 2. The Morgan fingerprint density at radius 3 is 2.52 bits per heavy atom. The number of amides is 1. The second-order valence-corrected chi connectivity index (χ2v) is 6.20. The first-order chi connectivity index (χ1) is 10.2. The Morgan fingerprint density at radius 2 is 1.90 bits per heavy atom. The molecule has 5 heteroatoms. The molecule has 2 heterocycles. The monoisotopic (exact) mass is 288 g/mol.